The number of hydrogen-bond donors (Lipinski definition) is 1. The lowest BCUT2D eigenvalue weighted by molar-refractivity contribution is 0.257. The van der Waals surface area contributed by atoms with Crippen LogP contribution in [0.25, 0.3) is 0 Å². The minimum atomic E-state index is 0.860. The molecule has 1 aliphatic carbocycles. The summed E-state index contributed by atoms with van der Waals surface area (Å²) < 4.78 is 5.46. The van der Waals surface area contributed by atoms with Gasteiger partial charge in [0.2, 0.25) is 0 Å². The van der Waals surface area contributed by atoms with Gasteiger partial charge in [0.1, 0.15) is 6.61 Å². The fourth-order valence-corrected chi connectivity index (χ4v) is 1.80. The molecule has 0 aromatic rings. The molecule has 1 heterocycles. The molecule has 0 radical (unpaired) electrons. The van der Waals surface area contributed by atoms with Gasteiger partial charge in [-0.3, -0.25) is 0 Å². The third kappa shape index (κ3) is 1.50. The predicted molar refractivity (Wildman–Crippen MR) is 44.1 cm³/mol. The van der Waals surface area contributed by atoms with Crippen molar-refractivity contribution in [3.8, 4) is 0 Å². The first kappa shape index (κ1) is 7.01. The second kappa shape index (κ2) is 3.16. The fourth-order valence-electron chi connectivity index (χ4n) is 1.80. The smallest absolute Gasteiger partial charge is 0.185 e. The van der Waals surface area contributed by atoms with Crippen molar-refractivity contribution in [2.24, 2.45) is 0 Å². The quantitative estimate of drug-likeness (QED) is 0.572. The zero-order valence-corrected chi connectivity index (χ0v) is 6.86. The number of hydrogen-bond acceptors (Lipinski definition) is 2. The standard InChI is InChI=1S/C9H15NO/c1-2-4-8(5-3-1)9-10-6-7-11-9/h10H,1-7H2. The van der Waals surface area contributed by atoms with Crippen molar-refractivity contribution in [2.75, 3.05) is 13.2 Å². The van der Waals surface area contributed by atoms with E-state index in [9.17, 15) is 0 Å². The fraction of sp³-hybridized carbons (Fsp3) is 0.778. The minimum Gasteiger partial charge on any atom is -0.477 e. The van der Waals surface area contributed by atoms with Gasteiger partial charge < -0.3 is 10.1 Å². The van der Waals surface area contributed by atoms with E-state index >= 15 is 0 Å². The number of nitrogens with one attached hydrogen (secondary N) is 1. The van der Waals surface area contributed by atoms with E-state index in [1.807, 2.05) is 0 Å². The van der Waals surface area contributed by atoms with E-state index in [4.69, 9.17) is 4.74 Å². The molecule has 11 heavy (non-hydrogen) atoms. The summed E-state index contributed by atoms with van der Waals surface area (Å²) in [5.41, 5.74) is 1.52. The van der Waals surface area contributed by atoms with Gasteiger partial charge in [-0.15, -0.1) is 0 Å². The average Bonchev–Trinajstić information content (AvgIpc) is 2.58. The molecule has 0 atom stereocenters. The lowest BCUT2D eigenvalue weighted by atomic mass is 9.95. The SMILES string of the molecule is C1CCC(=C2NCCO2)CC1. The highest BCUT2D eigenvalue weighted by Crippen LogP contribution is 2.26. The Morgan fingerprint density at radius 1 is 1.09 bits per heavy atom. The van der Waals surface area contributed by atoms with Gasteiger partial charge in [0.15, 0.2) is 5.88 Å². The number of allylic oxidation sites excluding steroid dienone is 1. The largest absolute Gasteiger partial charge is 0.477 e. The van der Waals surface area contributed by atoms with Crippen LogP contribution in [0.3, 0.4) is 0 Å². The zero-order chi connectivity index (χ0) is 7.52. The van der Waals surface area contributed by atoms with E-state index in [2.05, 4.69) is 5.32 Å². The van der Waals surface area contributed by atoms with Gasteiger partial charge in [0.25, 0.3) is 0 Å². The van der Waals surface area contributed by atoms with E-state index in [0.29, 0.717) is 0 Å². The summed E-state index contributed by atoms with van der Waals surface area (Å²) in [5.74, 6) is 1.10. The van der Waals surface area contributed by atoms with Crippen LogP contribution in [-0.4, -0.2) is 13.2 Å². The summed E-state index contributed by atoms with van der Waals surface area (Å²) in [6, 6.07) is 0. The van der Waals surface area contributed by atoms with Crippen LogP contribution in [0.2, 0.25) is 0 Å². The third-order valence-corrected chi connectivity index (χ3v) is 2.41. The van der Waals surface area contributed by atoms with E-state index in [1.165, 1.54) is 37.7 Å². The van der Waals surface area contributed by atoms with Gasteiger partial charge in [0.05, 0.1) is 6.54 Å². The van der Waals surface area contributed by atoms with E-state index in [1.54, 1.807) is 0 Å². The molecule has 1 saturated carbocycles. The Kier molecular flexibility index (Phi) is 2.01. The molecule has 0 amide bonds. The van der Waals surface area contributed by atoms with E-state index in [-0.39, 0.29) is 0 Å². The third-order valence-electron chi connectivity index (χ3n) is 2.41. The number of ether oxygens (including phenoxy) is 1. The lowest BCUT2D eigenvalue weighted by Gasteiger charge is -2.15. The van der Waals surface area contributed by atoms with Gasteiger partial charge in [-0.05, 0) is 31.3 Å². The lowest BCUT2D eigenvalue weighted by Crippen LogP contribution is -2.09. The molecule has 2 aliphatic rings. The van der Waals surface area contributed by atoms with Crippen molar-refractivity contribution in [1.29, 1.82) is 0 Å². The van der Waals surface area contributed by atoms with E-state index in [0.717, 1.165) is 19.0 Å². The summed E-state index contributed by atoms with van der Waals surface area (Å²) in [6.07, 6.45) is 6.61. The van der Waals surface area contributed by atoms with Crippen LogP contribution in [0.4, 0.5) is 0 Å². The first-order chi connectivity index (χ1) is 5.47. The predicted octanol–water partition coefficient (Wildman–Crippen LogP) is 1.78. The maximum atomic E-state index is 5.46. The van der Waals surface area contributed by atoms with Gasteiger partial charge >= 0.3 is 0 Å². The monoisotopic (exact) mass is 153 g/mol. The first-order valence-electron chi connectivity index (χ1n) is 4.55. The maximum Gasteiger partial charge on any atom is 0.185 e. The molecule has 62 valence electrons. The molecule has 0 bridgehead atoms. The molecule has 2 fully saturated rings. The van der Waals surface area contributed by atoms with Crippen molar-refractivity contribution >= 4 is 0 Å². The van der Waals surface area contributed by atoms with Crippen LogP contribution < -0.4 is 5.32 Å². The van der Waals surface area contributed by atoms with Crippen LogP contribution >= 0.6 is 0 Å². The Morgan fingerprint density at radius 3 is 2.55 bits per heavy atom. The average molecular weight is 153 g/mol. The molecule has 0 aromatic carbocycles. The summed E-state index contributed by atoms with van der Waals surface area (Å²) in [6.45, 7) is 1.86. The second-order valence-corrected chi connectivity index (χ2v) is 3.27. The Labute approximate surface area is 67.6 Å². The summed E-state index contributed by atoms with van der Waals surface area (Å²) in [7, 11) is 0. The molecule has 0 spiro atoms. The highest BCUT2D eigenvalue weighted by atomic mass is 16.5. The summed E-state index contributed by atoms with van der Waals surface area (Å²) in [5, 5.41) is 3.28. The highest BCUT2D eigenvalue weighted by Gasteiger charge is 2.15. The summed E-state index contributed by atoms with van der Waals surface area (Å²) in [4.78, 5) is 0. The Morgan fingerprint density at radius 2 is 1.91 bits per heavy atom. The van der Waals surface area contributed by atoms with Crippen LogP contribution in [0.5, 0.6) is 0 Å². The molecule has 0 unspecified atom stereocenters. The van der Waals surface area contributed by atoms with Gasteiger partial charge in [0, 0.05) is 0 Å². The zero-order valence-electron chi connectivity index (χ0n) is 6.86. The van der Waals surface area contributed by atoms with Gasteiger partial charge in [-0.2, -0.15) is 0 Å². The summed E-state index contributed by atoms with van der Waals surface area (Å²) >= 11 is 0. The van der Waals surface area contributed by atoms with Crippen LogP contribution in [0, 0.1) is 0 Å². The molecule has 2 heteroatoms. The second-order valence-electron chi connectivity index (χ2n) is 3.27. The minimum absolute atomic E-state index is 0.860. The van der Waals surface area contributed by atoms with Crippen molar-refractivity contribution < 1.29 is 4.74 Å². The van der Waals surface area contributed by atoms with Crippen molar-refractivity contribution in [1.82, 2.24) is 5.32 Å². The van der Waals surface area contributed by atoms with Gasteiger partial charge in [-0.1, -0.05) is 6.42 Å². The van der Waals surface area contributed by atoms with Crippen LogP contribution in [-0.2, 0) is 4.74 Å². The Balaban J connectivity index is 2.03. The Bertz CT molecular complexity index is 158. The Hall–Kier alpha value is -0.660. The van der Waals surface area contributed by atoms with Crippen molar-refractivity contribution in [3.05, 3.63) is 11.5 Å². The maximum absolute atomic E-state index is 5.46. The molecule has 1 aliphatic heterocycles. The van der Waals surface area contributed by atoms with Crippen molar-refractivity contribution in [3.63, 3.8) is 0 Å². The molecule has 2 rings (SSSR count). The highest BCUT2D eigenvalue weighted by molar-refractivity contribution is 5.10. The van der Waals surface area contributed by atoms with E-state index < -0.39 is 0 Å². The number of rotatable bonds is 0. The topological polar surface area (TPSA) is 21.3 Å². The molecular formula is C9H15NO. The molecule has 0 aromatic heterocycles. The van der Waals surface area contributed by atoms with Crippen LogP contribution in [0.15, 0.2) is 11.5 Å². The first-order valence-corrected chi connectivity index (χ1v) is 4.55. The molecular weight excluding hydrogens is 138 g/mol. The van der Waals surface area contributed by atoms with Crippen molar-refractivity contribution in [2.45, 2.75) is 32.1 Å². The molecule has 1 saturated heterocycles. The van der Waals surface area contributed by atoms with Gasteiger partial charge in [-0.25, -0.2) is 0 Å². The molecule has 1 N–H and O–H groups in total. The molecule has 2 nitrogen and oxygen atoms in total. The normalized spacial score (nSPS) is 24.7. The van der Waals surface area contributed by atoms with Crippen LogP contribution in [0.1, 0.15) is 32.1 Å².